The second-order valence-corrected chi connectivity index (χ2v) is 11.9. The molecule has 0 saturated heterocycles. The molecule has 33 heavy (non-hydrogen) atoms. The predicted octanol–water partition coefficient (Wildman–Crippen LogP) is -0.645. The maximum Gasteiger partial charge on any atom is 0.253 e. The number of hydrogen-bond acceptors (Lipinski definition) is 12. The summed E-state index contributed by atoms with van der Waals surface area (Å²) in [6, 6.07) is 0.437. The minimum Gasteiger partial charge on any atom is -0.385 e. The van der Waals surface area contributed by atoms with Gasteiger partial charge < -0.3 is 14.4 Å². The van der Waals surface area contributed by atoms with Crippen LogP contribution < -0.4 is 5.14 Å². The Morgan fingerprint density at radius 2 is 2.03 bits per heavy atom. The Morgan fingerprint density at radius 3 is 2.61 bits per heavy atom. The molecular formula is C16H28N4O10S3. The van der Waals surface area contributed by atoms with E-state index in [1.165, 1.54) is 22.4 Å². The van der Waals surface area contributed by atoms with E-state index in [1.54, 1.807) is 6.92 Å². The van der Waals surface area contributed by atoms with Crippen LogP contribution in [-0.2, 0) is 39.2 Å². The van der Waals surface area contributed by atoms with Crippen LogP contribution in [0.15, 0.2) is 14.5 Å². The van der Waals surface area contributed by atoms with E-state index in [4.69, 9.17) is 25.0 Å². The molecule has 0 spiro atoms. The van der Waals surface area contributed by atoms with E-state index in [2.05, 4.69) is 4.84 Å². The average Bonchev–Trinajstić information content (AvgIpc) is 3.18. The number of carbonyl (C=O) groups excluding carboxylic acids is 1. The first-order valence-electron chi connectivity index (χ1n) is 9.77. The number of likely N-dealkylation sites (N-methyl/N-ethyl adjacent to an activating group) is 1. The van der Waals surface area contributed by atoms with Gasteiger partial charge in [-0.05, 0) is 19.4 Å². The smallest absolute Gasteiger partial charge is 0.253 e. The number of nitrogens with two attached hydrogens (primary N) is 1. The van der Waals surface area contributed by atoms with Crippen molar-refractivity contribution in [1.29, 1.82) is 0 Å². The molecular weight excluding hydrogens is 504 g/mol. The van der Waals surface area contributed by atoms with Gasteiger partial charge in [-0.3, -0.25) is 15.2 Å². The van der Waals surface area contributed by atoms with Gasteiger partial charge in [0.2, 0.25) is 15.9 Å². The number of fused-ring (bicyclic) bond motifs is 1. The Balaban J connectivity index is 2.32. The van der Waals surface area contributed by atoms with E-state index in [0.29, 0.717) is 24.4 Å². The summed E-state index contributed by atoms with van der Waals surface area (Å²) in [6.45, 7) is 1.51. The van der Waals surface area contributed by atoms with Crippen LogP contribution in [0.1, 0.15) is 24.9 Å². The molecule has 17 heteroatoms. The number of carbonyl (C=O) groups is 1. The van der Waals surface area contributed by atoms with Crippen molar-refractivity contribution < 1.29 is 46.4 Å². The lowest BCUT2D eigenvalue weighted by molar-refractivity contribution is -0.493. The lowest BCUT2D eigenvalue weighted by atomic mass is 10.1. The first-order chi connectivity index (χ1) is 15.4. The zero-order valence-corrected chi connectivity index (χ0v) is 20.6. The molecule has 0 fully saturated rings. The number of rotatable bonds is 13. The molecule has 1 amide bonds. The van der Waals surface area contributed by atoms with Crippen molar-refractivity contribution in [3.63, 3.8) is 0 Å². The van der Waals surface area contributed by atoms with Gasteiger partial charge in [-0.25, -0.2) is 26.8 Å². The third-order valence-electron chi connectivity index (χ3n) is 4.75. The summed E-state index contributed by atoms with van der Waals surface area (Å²) in [5.41, 5.74) is 0.182. The molecule has 0 aromatic carbocycles. The molecule has 14 nitrogen and oxygen atoms in total. The monoisotopic (exact) mass is 532 g/mol. The van der Waals surface area contributed by atoms with Crippen LogP contribution in [0.25, 0.3) is 0 Å². The maximum atomic E-state index is 13.1. The van der Waals surface area contributed by atoms with Crippen LogP contribution >= 0.6 is 11.3 Å². The van der Waals surface area contributed by atoms with E-state index in [9.17, 15) is 21.6 Å². The van der Waals surface area contributed by atoms with Gasteiger partial charge in [-0.15, -0.1) is 11.3 Å². The fourth-order valence-corrected chi connectivity index (χ4v) is 7.59. The van der Waals surface area contributed by atoms with Crippen molar-refractivity contribution in [3.8, 4) is 0 Å². The Bertz CT molecular complexity index is 1010. The van der Waals surface area contributed by atoms with Gasteiger partial charge in [-0.1, -0.05) is 0 Å². The van der Waals surface area contributed by atoms with Gasteiger partial charge in [0.1, 0.15) is 15.0 Å². The van der Waals surface area contributed by atoms with Crippen molar-refractivity contribution >= 4 is 37.3 Å². The molecule has 1 aromatic heterocycles. The number of thiophene rings is 1. The first-order valence-corrected chi connectivity index (χ1v) is 13.6. The number of methoxy groups -OCH3 is 1. The molecule has 0 aliphatic carbocycles. The predicted molar refractivity (Wildman–Crippen MR) is 113 cm³/mol. The van der Waals surface area contributed by atoms with E-state index in [-0.39, 0.29) is 53.4 Å². The quantitative estimate of drug-likeness (QED) is 0.216. The molecule has 190 valence electrons. The molecule has 1 aromatic rings. The van der Waals surface area contributed by atoms with Crippen LogP contribution in [0.4, 0.5) is 0 Å². The molecule has 0 radical (unpaired) electrons. The molecule has 1 atom stereocenters. The number of nitrogens with zero attached hydrogens (tertiary/aromatic N) is 3. The number of amides is 1. The molecule has 0 unspecified atom stereocenters. The Morgan fingerprint density at radius 1 is 1.33 bits per heavy atom. The second-order valence-electron chi connectivity index (χ2n) is 6.90. The van der Waals surface area contributed by atoms with E-state index in [0.717, 1.165) is 0 Å². The zero-order chi connectivity index (χ0) is 24.8. The summed E-state index contributed by atoms with van der Waals surface area (Å²) >= 11 is 0.551. The highest BCUT2D eigenvalue weighted by Gasteiger charge is 2.42. The van der Waals surface area contributed by atoms with E-state index < -0.39 is 37.4 Å². The van der Waals surface area contributed by atoms with Gasteiger partial charge in [0.05, 0.1) is 24.6 Å². The van der Waals surface area contributed by atoms with Gasteiger partial charge in [0.25, 0.3) is 10.0 Å². The summed E-state index contributed by atoms with van der Waals surface area (Å²) in [7, 11) is -6.67. The van der Waals surface area contributed by atoms with Crippen LogP contribution in [-0.4, -0.2) is 101 Å². The minimum atomic E-state index is -4.16. The number of primary sulfonamides is 1. The van der Waals surface area contributed by atoms with Gasteiger partial charge in [0.15, 0.2) is 0 Å². The largest absolute Gasteiger partial charge is 0.385 e. The third-order valence-corrected chi connectivity index (χ3v) is 9.71. The molecule has 0 saturated carbocycles. The summed E-state index contributed by atoms with van der Waals surface area (Å²) in [6.07, 6.45) is 0.404. The summed E-state index contributed by atoms with van der Waals surface area (Å²) in [4.78, 5) is 18.6. The van der Waals surface area contributed by atoms with Gasteiger partial charge in [0, 0.05) is 38.9 Å². The van der Waals surface area contributed by atoms with Crippen molar-refractivity contribution in [3.05, 3.63) is 11.6 Å². The highest BCUT2D eigenvalue weighted by Crippen LogP contribution is 2.42. The number of sulfonamides is 2. The van der Waals surface area contributed by atoms with Crippen LogP contribution in [0.2, 0.25) is 0 Å². The summed E-state index contributed by atoms with van der Waals surface area (Å²) in [5, 5.41) is 21.7. The zero-order valence-electron chi connectivity index (χ0n) is 18.1. The Hall–Kier alpha value is -1.25. The first kappa shape index (κ1) is 28.0. The standard InChI is InChI=1S/C16H28N4O10S3/c1-3-19(14(21)11-29-7-8-30-20(22)23)13-10-18(5-4-6-28-2)33(26,27)16-12(13)9-15(31-16)32(17,24)25/h9,13,22-23H,3-8,10-11H2,1-2H3,(H2,17,24,25)/t13-/m0/s1. The highest BCUT2D eigenvalue weighted by atomic mass is 32.3. The van der Waals surface area contributed by atoms with Crippen LogP contribution in [0.5, 0.6) is 0 Å². The fraction of sp³-hybridized carbons (Fsp3) is 0.688. The lowest BCUT2D eigenvalue weighted by Crippen LogP contribution is -2.48. The third kappa shape index (κ3) is 7.12. The maximum absolute atomic E-state index is 13.1. The topological polar surface area (TPSA) is 189 Å². The summed E-state index contributed by atoms with van der Waals surface area (Å²) < 4.78 is 61.0. The lowest BCUT2D eigenvalue weighted by Gasteiger charge is -2.38. The number of ether oxygens (including phenoxy) is 2. The normalized spacial score (nSPS) is 18.4. The minimum absolute atomic E-state index is 0.0769. The molecule has 1 aliphatic rings. The van der Waals surface area contributed by atoms with E-state index >= 15 is 0 Å². The highest BCUT2D eigenvalue weighted by molar-refractivity contribution is 7.94. The molecule has 2 heterocycles. The molecule has 0 bridgehead atoms. The Labute approximate surface area is 196 Å². The van der Waals surface area contributed by atoms with E-state index in [1.807, 2.05) is 0 Å². The SMILES string of the molecule is CCN(C(=O)COCCON(O)O)[C@H]1CN(CCCOC)S(=O)(=O)c2sc(S(N)(=O)=O)cc21. The van der Waals surface area contributed by atoms with Gasteiger partial charge >= 0.3 is 0 Å². The van der Waals surface area contributed by atoms with Crippen molar-refractivity contribution in [2.45, 2.75) is 27.8 Å². The molecule has 1 aliphatic heterocycles. The van der Waals surface area contributed by atoms with Crippen LogP contribution in [0, 0.1) is 0 Å². The average molecular weight is 533 g/mol. The van der Waals surface area contributed by atoms with Crippen molar-refractivity contribution in [2.75, 3.05) is 53.2 Å². The molecule has 2 rings (SSSR count). The Kier molecular flexibility index (Phi) is 10.1. The fourth-order valence-electron chi connectivity index (χ4n) is 3.30. The molecule has 4 N–H and O–H groups in total. The second kappa shape index (κ2) is 11.9. The summed E-state index contributed by atoms with van der Waals surface area (Å²) in [5.74, 6) is -0.474. The van der Waals surface area contributed by atoms with Crippen molar-refractivity contribution in [1.82, 2.24) is 14.6 Å². The van der Waals surface area contributed by atoms with Crippen LogP contribution in [0.3, 0.4) is 0 Å². The van der Waals surface area contributed by atoms with Gasteiger partial charge in [-0.2, -0.15) is 4.31 Å². The number of hydrogen-bond donors (Lipinski definition) is 3. The van der Waals surface area contributed by atoms with Crippen molar-refractivity contribution in [2.24, 2.45) is 5.14 Å².